The lowest BCUT2D eigenvalue weighted by Crippen LogP contribution is -2.40. The Morgan fingerprint density at radius 1 is 1.37 bits per heavy atom. The molecule has 1 aromatic rings. The summed E-state index contributed by atoms with van der Waals surface area (Å²) in [5.41, 5.74) is 1.02. The molecule has 2 unspecified atom stereocenters. The summed E-state index contributed by atoms with van der Waals surface area (Å²) in [5, 5.41) is 12.0. The predicted molar refractivity (Wildman–Crippen MR) is 71.6 cm³/mol. The topological polar surface area (TPSA) is 67.8 Å². The number of carbonyl (C=O) groups excluding carboxylic acids is 1. The molecule has 0 radical (unpaired) electrons. The Bertz CT molecular complexity index is 369. The fraction of sp³-hybridized carbons (Fsp3) is 0.500. The number of benzene rings is 1. The third kappa shape index (κ3) is 6.33. The van der Waals surface area contributed by atoms with Gasteiger partial charge in [-0.15, -0.1) is 0 Å². The van der Waals surface area contributed by atoms with E-state index < -0.39 is 12.2 Å². The summed E-state index contributed by atoms with van der Waals surface area (Å²) in [6.45, 7) is 2.42. The molecule has 1 amide bonds. The molecule has 2 N–H and O–H groups in total. The molecule has 1 aromatic carbocycles. The second-order valence-corrected chi connectivity index (χ2v) is 4.29. The van der Waals surface area contributed by atoms with Gasteiger partial charge in [0.15, 0.2) is 0 Å². The Balaban J connectivity index is 2.25. The highest BCUT2D eigenvalue weighted by molar-refractivity contribution is 5.80. The molecule has 106 valence electrons. The van der Waals surface area contributed by atoms with Gasteiger partial charge in [0.2, 0.25) is 5.91 Å². The van der Waals surface area contributed by atoms with Crippen LogP contribution in [0.4, 0.5) is 0 Å². The van der Waals surface area contributed by atoms with Crippen LogP contribution in [0.1, 0.15) is 12.5 Å². The molecular weight excluding hydrogens is 246 g/mol. The van der Waals surface area contributed by atoms with Crippen molar-refractivity contribution in [2.45, 2.75) is 25.7 Å². The first-order chi connectivity index (χ1) is 9.13. The second kappa shape index (κ2) is 8.63. The van der Waals surface area contributed by atoms with Crippen LogP contribution in [0.5, 0.6) is 0 Å². The monoisotopic (exact) mass is 267 g/mol. The van der Waals surface area contributed by atoms with Gasteiger partial charge in [0.25, 0.3) is 0 Å². The molecule has 1 rings (SSSR count). The summed E-state index contributed by atoms with van der Waals surface area (Å²) in [6, 6.07) is 9.64. The van der Waals surface area contributed by atoms with Gasteiger partial charge in [0.05, 0.1) is 19.3 Å². The quantitative estimate of drug-likeness (QED) is 0.728. The number of nitrogens with one attached hydrogen (secondary N) is 1. The van der Waals surface area contributed by atoms with Gasteiger partial charge < -0.3 is 19.9 Å². The number of amides is 1. The van der Waals surface area contributed by atoms with Crippen LogP contribution in [0, 0.1) is 0 Å². The molecular formula is C14H21NO4. The van der Waals surface area contributed by atoms with Gasteiger partial charge in [-0.2, -0.15) is 0 Å². The van der Waals surface area contributed by atoms with Crippen molar-refractivity contribution < 1.29 is 19.4 Å². The summed E-state index contributed by atoms with van der Waals surface area (Å²) in [6.07, 6.45) is -1.26. The molecule has 19 heavy (non-hydrogen) atoms. The normalized spacial score (nSPS) is 13.8. The molecule has 0 saturated carbocycles. The van der Waals surface area contributed by atoms with Gasteiger partial charge in [-0.1, -0.05) is 30.3 Å². The molecule has 0 fully saturated rings. The van der Waals surface area contributed by atoms with E-state index in [1.54, 1.807) is 6.92 Å². The number of rotatable bonds is 8. The molecule has 0 heterocycles. The van der Waals surface area contributed by atoms with E-state index in [4.69, 9.17) is 9.47 Å². The van der Waals surface area contributed by atoms with Crippen molar-refractivity contribution in [1.29, 1.82) is 0 Å². The van der Waals surface area contributed by atoms with Gasteiger partial charge in [0, 0.05) is 13.7 Å². The molecule has 0 bridgehead atoms. The fourth-order valence-electron chi connectivity index (χ4n) is 1.48. The first kappa shape index (κ1) is 15.6. The highest BCUT2D eigenvalue weighted by Gasteiger charge is 2.14. The van der Waals surface area contributed by atoms with Crippen LogP contribution in [0.25, 0.3) is 0 Å². The smallest absolute Gasteiger partial charge is 0.248 e. The maximum absolute atomic E-state index is 11.7. The molecule has 0 saturated heterocycles. The van der Waals surface area contributed by atoms with Crippen molar-refractivity contribution in [2.24, 2.45) is 0 Å². The molecule has 0 aliphatic heterocycles. The van der Waals surface area contributed by atoms with E-state index in [9.17, 15) is 9.90 Å². The lowest BCUT2D eigenvalue weighted by molar-refractivity contribution is -0.133. The summed E-state index contributed by atoms with van der Waals surface area (Å²) in [4.78, 5) is 11.7. The fourth-order valence-corrected chi connectivity index (χ4v) is 1.48. The first-order valence-electron chi connectivity index (χ1n) is 6.23. The van der Waals surface area contributed by atoms with Gasteiger partial charge >= 0.3 is 0 Å². The predicted octanol–water partition coefficient (Wildman–Crippen LogP) is 0.715. The Kier molecular flexibility index (Phi) is 7.10. The number of carbonyl (C=O) groups is 1. The number of aliphatic hydroxyl groups is 1. The minimum absolute atomic E-state index is 0.158. The average Bonchev–Trinajstić information content (AvgIpc) is 2.43. The third-order valence-corrected chi connectivity index (χ3v) is 2.58. The van der Waals surface area contributed by atoms with Gasteiger partial charge in [-0.05, 0) is 12.5 Å². The molecule has 5 nitrogen and oxygen atoms in total. The Hall–Kier alpha value is -1.43. The zero-order valence-corrected chi connectivity index (χ0v) is 11.3. The van der Waals surface area contributed by atoms with Crippen LogP contribution in [0.3, 0.4) is 0 Å². The number of hydrogen-bond donors (Lipinski definition) is 2. The Morgan fingerprint density at radius 3 is 2.68 bits per heavy atom. The lowest BCUT2D eigenvalue weighted by Gasteiger charge is -2.15. The molecule has 0 aliphatic carbocycles. The average molecular weight is 267 g/mol. The van der Waals surface area contributed by atoms with Gasteiger partial charge in [0.1, 0.15) is 6.10 Å². The standard InChI is InChI=1S/C14H21NO4/c1-11(14(17)15-8-13(16)10-18-2)19-9-12-6-4-3-5-7-12/h3-7,11,13,16H,8-10H2,1-2H3,(H,15,17). The van der Waals surface area contributed by atoms with E-state index in [1.807, 2.05) is 30.3 Å². The van der Waals surface area contributed by atoms with E-state index in [0.29, 0.717) is 6.61 Å². The van der Waals surface area contributed by atoms with Crippen LogP contribution in [-0.2, 0) is 20.9 Å². The summed E-state index contributed by atoms with van der Waals surface area (Å²) >= 11 is 0. The Labute approximate surface area is 113 Å². The highest BCUT2D eigenvalue weighted by Crippen LogP contribution is 2.03. The zero-order valence-electron chi connectivity index (χ0n) is 11.3. The molecule has 2 atom stereocenters. The summed E-state index contributed by atoms with van der Waals surface area (Å²) in [5.74, 6) is -0.244. The van der Waals surface area contributed by atoms with Crippen molar-refractivity contribution >= 4 is 5.91 Å². The minimum atomic E-state index is -0.699. The summed E-state index contributed by atoms with van der Waals surface area (Å²) in [7, 11) is 1.50. The van der Waals surface area contributed by atoms with Crippen molar-refractivity contribution in [3.63, 3.8) is 0 Å². The Morgan fingerprint density at radius 2 is 2.05 bits per heavy atom. The van der Waals surface area contributed by atoms with E-state index in [2.05, 4.69) is 5.32 Å². The van der Waals surface area contributed by atoms with Crippen LogP contribution in [-0.4, -0.2) is 43.5 Å². The van der Waals surface area contributed by atoms with Crippen LogP contribution >= 0.6 is 0 Å². The SMILES string of the molecule is COCC(O)CNC(=O)C(C)OCc1ccccc1. The molecule has 0 spiro atoms. The summed E-state index contributed by atoms with van der Waals surface area (Å²) < 4.78 is 10.2. The maximum atomic E-state index is 11.7. The van der Waals surface area contributed by atoms with E-state index in [-0.39, 0.29) is 19.1 Å². The van der Waals surface area contributed by atoms with E-state index in [0.717, 1.165) is 5.56 Å². The maximum Gasteiger partial charge on any atom is 0.248 e. The van der Waals surface area contributed by atoms with Crippen molar-refractivity contribution in [3.8, 4) is 0 Å². The van der Waals surface area contributed by atoms with Gasteiger partial charge in [-0.3, -0.25) is 4.79 Å². The molecule has 0 aliphatic rings. The number of ether oxygens (including phenoxy) is 2. The van der Waals surface area contributed by atoms with E-state index in [1.165, 1.54) is 7.11 Å². The molecule has 0 aromatic heterocycles. The largest absolute Gasteiger partial charge is 0.389 e. The second-order valence-electron chi connectivity index (χ2n) is 4.29. The lowest BCUT2D eigenvalue weighted by atomic mass is 10.2. The van der Waals surface area contributed by atoms with Crippen LogP contribution < -0.4 is 5.32 Å². The number of aliphatic hydroxyl groups excluding tert-OH is 1. The van der Waals surface area contributed by atoms with Crippen LogP contribution in [0.15, 0.2) is 30.3 Å². The van der Waals surface area contributed by atoms with Crippen molar-refractivity contribution in [3.05, 3.63) is 35.9 Å². The van der Waals surface area contributed by atoms with Crippen molar-refractivity contribution in [2.75, 3.05) is 20.3 Å². The van der Waals surface area contributed by atoms with E-state index >= 15 is 0 Å². The minimum Gasteiger partial charge on any atom is -0.389 e. The number of methoxy groups -OCH3 is 1. The highest BCUT2D eigenvalue weighted by atomic mass is 16.5. The van der Waals surface area contributed by atoms with Gasteiger partial charge in [-0.25, -0.2) is 0 Å². The first-order valence-corrected chi connectivity index (χ1v) is 6.23. The third-order valence-electron chi connectivity index (χ3n) is 2.58. The number of hydrogen-bond acceptors (Lipinski definition) is 4. The zero-order chi connectivity index (χ0) is 14.1. The van der Waals surface area contributed by atoms with Crippen LogP contribution in [0.2, 0.25) is 0 Å². The molecule has 5 heteroatoms. The van der Waals surface area contributed by atoms with Crippen molar-refractivity contribution in [1.82, 2.24) is 5.32 Å².